The number of unbranched alkanes of at least 4 members (excludes halogenated alkanes) is 1. The van der Waals surface area contributed by atoms with Crippen molar-refractivity contribution >= 4 is 17.6 Å². The van der Waals surface area contributed by atoms with Gasteiger partial charge in [0.1, 0.15) is 11.4 Å². The Bertz CT molecular complexity index is 1090. The monoisotopic (exact) mass is 485 g/mol. The number of amides is 1. The van der Waals surface area contributed by atoms with Crippen molar-refractivity contribution in [2.24, 2.45) is 0 Å². The van der Waals surface area contributed by atoms with Crippen LogP contribution in [0, 0.1) is 6.92 Å². The Morgan fingerprint density at radius 2 is 1.74 bits per heavy atom. The molecule has 0 aliphatic carbocycles. The van der Waals surface area contributed by atoms with Gasteiger partial charge in [-0.3, -0.25) is 19.2 Å². The maximum absolute atomic E-state index is 12.6. The number of anilines is 2. The van der Waals surface area contributed by atoms with E-state index >= 15 is 0 Å². The van der Waals surface area contributed by atoms with Crippen LogP contribution in [0.15, 0.2) is 33.9 Å². The fraction of sp³-hybridized carbons (Fsp3) is 0.577. The van der Waals surface area contributed by atoms with Crippen LogP contribution < -0.4 is 16.6 Å². The second-order valence-electron chi connectivity index (χ2n) is 10.1. The van der Waals surface area contributed by atoms with Crippen molar-refractivity contribution in [3.8, 4) is 0 Å². The van der Waals surface area contributed by atoms with Crippen LogP contribution in [0.4, 0.5) is 16.3 Å². The number of aromatic amines is 1. The first-order valence-electron chi connectivity index (χ1n) is 12.5. The zero-order valence-electron chi connectivity index (χ0n) is 21.6. The average molecular weight is 486 g/mol. The summed E-state index contributed by atoms with van der Waals surface area (Å²) in [4.78, 5) is 44.1. The average Bonchev–Trinajstić information content (AvgIpc) is 2.78. The summed E-state index contributed by atoms with van der Waals surface area (Å²) < 4.78 is 6.69. The Labute approximate surface area is 207 Å². The molecule has 1 aromatic heterocycles. The van der Waals surface area contributed by atoms with Crippen LogP contribution in [0.2, 0.25) is 0 Å². The molecule has 35 heavy (non-hydrogen) atoms. The Morgan fingerprint density at radius 1 is 1.06 bits per heavy atom. The Balaban J connectivity index is 1.46. The fourth-order valence-corrected chi connectivity index (χ4v) is 4.17. The third-order valence-electron chi connectivity index (χ3n) is 6.16. The number of H-pyrrole nitrogens is 1. The predicted octanol–water partition coefficient (Wildman–Crippen LogP) is 3.48. The summed E-state index contributed by atoms with van der Waals surface area (Å²) in [5.41, 5.74) is 2.06. The largest absolute Gasteiger partial charge is 0.444 e. The van der Waals surface area contributed by atoms with Gasteiger partial charge in [-0.1, -0.05) is 13.0 Å². The number of ether oxygens (including phenoxy) is 1. The molecule has 2 heterocycles. The summed E-state index contributed by atoms with van der Waals surface area (Å²) in [5, 5.41) is 3.14. The van der Waals surface area contributed by atoms with Gasteiger partial charge in [-0.15, -0.1) is 0 Å². The first-order chi connectivity index (χ1) is 16.6. The molecule has 2 N–H and O–H groups in total. The molecule has 2 aromatic rings. The number of nitrogens with zero attached hydrogens (tertiary/aromatic N) is 3. The molecule has 0 atom stereocenters. The number of benzene rings is 1. The Morgan fingerprint density at radius 3 is 2.37 bits per heavy atom. The van der Waals surface area contributed by atoms with Gasteiger partial charge in [0.05, 0.1) is 0 Å². The lowest BCUT2D eigenvalue weighted by Gasteiger charge is -2.35. The summed E-state index contributed by atoms with van der Waals surface area (Å²) in [5.74, 6) is 0.394. The minimum absolute atomic E-state index is 0.262. The van der Waals surface area contributed by atoms with Gasteiger partial charge < -0.3 is 15.0 Å². The molecule has 9 nitrogen and oxygen atoms in total. The first kappa shape index (κ1) is 26.5. The third-order valence-corrected chi connectivity index (χ3v) is 6.16. The summed E-state index contributed by atoms with van der Waals surface area (Å²) in [6, 6.07) is 7.43. The van der Waals surface area contributed by atoms with E-state index in [0.717, 1.165) is 44.6 Å². The van der Waals surface area contributed by atoms with Crippen molar-refractivity contribution in [3.63, 3.8) is 0 Å². The van der Waals surface area contributed by atoms with E-state index in [1.807, 2.05) is 39.0 Å². The molecular formula is C26H39N5O4. The number of aromatic nitrogens is 2. The van der Waals surface area contributed by atoms with Gasteiger partial charge in [0.15, 0.2) is 0 Å². The maximum Gasteiger partial charge on any atom is 0.410 e. The molecule has 192 valence electrons. The van der Waals surface area contributed by atoms with Crippen LogP contribution >= 0.6 is 0 Å². The molecule has 0 unspecified atom stereocenters. The van der Waals surface area contributed by atoms with Crippen molar-refractivity contribution in [3.05, 3.63) is 56.2 Å². The van der Waals surface area contributed by atoms with Gasteiger partial charge in [0, 0.05) is 44.5 Å². The van der Waals surface area contributed by atoms with E-state index < -0.39 is 11.3 Å². The Hall–Kier alpha value is -3.07. The topological polar surface area (TPSA) is 99.7 Å². The van der Waals surface area contributed by atoms with Gasteiger partial charge in [-0.05, 0) is 76.8 Å². The lowest BCUT2D eigenvalue weighted by atomic mass is 10.1. The smallest absolute Gasteiger partial charge is 0.410 e. The lowest BCUT2D eigenvalue weighted by Crippen LogP contribution is -2.50. The molecule has 1 aliphatic heterocycles. The lowest BCUT2D eigenvalue weighted by molar-refractivity contribution is 0.0144. The van der Waals surface area contributed by atoms with Gasteiger partial charge in [-0.2, -0.15) is 0 Å². The van der Waals surface area contributed by atoms with Gasteiger partial charge >= 0.3 is 11.8 Å². The molecule has 0 bridgehead atoms. The number of piperazine rings is 1. The van der Waals surface area contributed by atoms with Gasteiger partial charge in [0.25, 0.3) is 5.56 Å². The first-order valence-corrected chi connectivity index (χ1v) is 12.5. The molecule has 3 rings (SSSR count). The highest BCUT2D eigenvalue weighted by Crippen LogP contribution is 2.18. The van der Waals surface area contributed by atoms with Crippen LogP contribution in [0.25, 0.3) is 0 Å². The van der Waals surface area contributed by atoms with Crippen LogP contribution in [-0.4, -0.2) is 63.8 Å². The van der Waals surface area contributed by atoms with Crippen molar-refractivity contribution < 1.29 is 9.53 Å². The van der Waals surface area contributed by atoms with Crippen LogP contribution in [0.5, 0.6) is 0 Å². The molecule has 1 aromatic carbocycles. The second-order valence-corrected chi connectivity index (χ2v) is 10.1. The Kier molecular flexibility index (Phi) is 8.77. The zero-order valence-corrected chi connectivity index (χ0v) is 21.6. The molecule has 1 fully saturated rings. The number of aryl methyl sites for hydroxylation is 2. The molecule has 1 aliphatic rings. The van der Waals surface area contributed by atoms with Crippen LogP contribution in [0.1, 0.15) is 51.7 Å². The zero-order chi connectivity index (χ0) is 25.6. The maximum atomic E-state index is 12.6. The van der Waals surface area contributed by atoms with E-state index in [0.29, 0.717) is 25.5 Å². The van der Waals surface area contributed by atoms with E-state index in [1.54, 1.807) is 4.90 Å². The highest BCUT2D eigenvalue weighted by atomic mass is 16.6. The number of carbonyl (C=O) groups excluding carboxylic acids is 1. The predicted molar refractivity (Wildman–Crippen MR) is 139 cm³/mol. The summed E-state index contributed by atoms with van der Waals surface area (Å²) >= 11 is 0. The number of hydrogen-bond donors (Lipinski definition) is 2. The highest BCUT2D eigenvalue weighted by molar-refractivity contribution is 5.68. The molecule has 0 saturated carbocycles. The summed E-state index contributed by atoms with van der Waals surface area (Å²) in [7, 11) is 0. The molecular weight excluding hydrogens is 446 g/mol. The molecule has 1 amide bonds. The second kappa shape index (κ2) is 11.6. The summed E-state index contributed by atoms with van der Waals surface area (Å²) in [6.45, 7) is 13.9. The number of rotatable bonds is 8. The van der Waals surface area contributed by atoms with E-state index in [4.69, 9.17) is 4.74 Å². The quantitative estimate of drug-likeness (QED) is 0.556. The standard InChI is InChI=1S/C26H39N5O4/c1-6-20-17-21(10-9-19(20)2)27-22-18-23(32)31(24(33)28-22)12-8-7-11-29-13-15-30(16-14-29)25(34)35-26(3,4)5/h9-10,17-18,27H,6-8,11-16H2,1-5H3,(H,28,33). The van der Waals surface area contributed by atoms with E-state index in [1.165, 1.54) is 21.8 Å². The highest BCUT2D eigenvalue weighted by Gasteiger charge is 2.25. The normalized spacial score (nSPS) is 14.7. The minimum Gasteiger partial charge on any atom is -0.444 e. The van der Waals surface area contributed by atoms with Crippen molar-refractivity contribution in [2.45, 2.75) is 66.0 Å². The summed E-state index contributed by atoms with van der Waals surface area (Å²) in [6.07, 6.45) is 2.24. The number of hydrogen-bond acceptors (Lipinski definition) is 6. The number of nitrogens with one attached hydrogen (secondary N) is 2. The third kappa shape index (κ3) is 7.71. The van der Waals surface area contributed by atoms with E-state index in [9.17, 15) is 14.4 Å². The van der Waals surface area contributed by atoms with Crippen molar-refractivity contribution in [1.29, 1.82) is 0 Å². The number of carbonyl (C=O) groups is 1. The fourth-order valence-electron chi connectivity index (χ4n) is 4.17. The molecule has 9 heteroatoms. The molecule has 0 radical (unpaired) electrons. The molecule has 1 saturated heterocycles. The minimum atomic E-state index is -0.488. The van der Waals surface area contributed by atoms with E-state index in [-0.39, 0.29) is 11.7 Å². The van der Waals surface area contributed by atoms with Crippen LogP contribution in [0.3, 0.4) is 0 Å². The van der Waals surface area contributed by atoms with Crippen molar-refractivity contribution in [2.75, 3.05) is 38.0 Å². The van der Waals surface area contributed by atoms with Gasteiger partial charge in [0.2, 0.25) is 0 Å². The molecule has 0 spiro atoms. The van der Waals surface area contributed by atoms with Gasteiger partial charge in [-0.25, -0.2) is 9.59 Å². The van der Waals surface area contributed by atoms with E-state index in [2.05, 4.69) is 29.0 Å². The van der Waals surface area contributed by atoms with Crippen molar-refractivity contribution in [1.82, 2.24) is 19.4 Å². The van der Waals surface area contributed by atoms with Crippen LogP contribution in [-0.2, 0) is 17.7 Å². The SMILES string of the molecule is CCc1cc(Nc2cc(=O)n(CCCCN3CCN(C(=O)OC(C)(C)C)CC3)c(=O)[nH]2)ccc1C.